The van der Waals surface area contributed by atoms with E-state index in [0.717, 1.165) is 52.0 Å². The van der Waals surface area contributed by atoms with Crippen molar-refractivity contribution in [3.63, 3.8) is 0 Å². The van der Waals surface area contributed by atoms with Crippen molar-refractivity contribution < 1.29 is 24.9 Å². The van der Waals surface area contributed by atoms with E-state index in [2.05, 4.69) is 20.4 Å². The first kappa shape index (κ1) is 26.6. The van der Waals surface area contributed by atoms with Crippen molar-refractivity contribution in [1.82, 2.24) is 29.0 Å². The van der Waals surface area contributed by atoms with E-state index < -0.39 is 17.6 Å². The Morgan fingerprint density at radius 3 is 2.56 bits per heavy atom. The molecular weight excluding hydrogens is 550 g/mol. The molecule has 2 saturated heterocycles. The van der Waals surface area contributed by atoms with Crippen molar-refractivity contribution in [3.8, 4) is 11.5 Å². The largest absolute Gasteiger partial charge is 0.498 e. The standard InChI is InChI=1S/C31H31N7O5/c1-17-11-19(3-8-26(17)43-22-6-7-25-24(14-22)33-16-36(25)2)35-29-27-23(9-10-37(27)34-15-32-29)18-12-20-4-5-21(13-18)38(20)30(40)28(39)31(41)42/h3,6-11,14-16,18,20-21,39,41-42H,4-5,12-13H2,1-2H3,(H,32,34,35). The highest BCUT2D eigenvalue weighted by molar-refractivity contribution is 5.92. The van der Waals surface area contributed by atoms with Crippen LogP contribution < -0.4 is 10.1 Å². The Morgan fingerprint density at radius 1 is 1.02 bits per heavy atom. The molecular formula is C31H31N7O5. The minimum Gasteiger partial charge on any atom is -0.498 e. The smallest absolute Gasteiger partial charge is 0.324 e. The number of ether oxygens (including phenoxy) is 1. The lowest BCUT2D eigenvalue weighted by molar-refractivity contribution is -0.135. The summed E-state index contributed by atoms with van der Waals surface area (Å²) in [6.45, 7) is 1.99. The van der Waals surface area contributed by atoms with Gasteiger partial charge in [-0.25, -0.2) is 14.5 Å². The number of imidazole rings is 1. The van der Waals surface area contributed by atoms with E-state index in [1.165, 1.54) is 6.33 Å². The van der Waals surface area contributed by atoms with Gasteiger partial charge in [0.25, 0.3) is 11.7 Å². The summed E-state index contributed by atoms with van der Waals surface area (Å²) in [5.74, 6) is -0.834. The molecule has 12 heteroatoms. The number of aliphatic hydroxyl groups is 3. The molecule has 4 N–H and O–H groups in total. The number of aliphatic hydroxyl groups excluding tert-OH is 2. The fraction of sp³-hybridized carbons (Fsp3) is 0.290. The third kappa shape index (κ3) is 4.64. The summed E-state index contributed by atoms with van der Waals surface area (Å²) in [5.41, 5.74) is 5.66. The second kappa shape index (κ2) is 10.2. The molecule has 7 rings (SSSR count). The van der Waals surface area contributed by atoms with Gasteiger partial charge in [-0.05, 0) is 86.1 Å². The third-order valence-electron chi connectivity index (χ3n) is 8.67. The van der Waals surface area contributed by atoms with Gasteiger partial charge in [0.05, 0.1) is 17.4 Å². The number of benzene rings is 2. The molecule has 0 saturated carbocycles. The Bertz CT molecular complexity index is 1890. The minimum atomic E-state index is -1.35. The Labute approximate surface area is 246 Å². The van der Waals surface area contributed by atoms with Gasteiger partial charge in [-0.1, -0.05) is 0 Å². The molecule has 2 aliphatic rings. The van der Waals surface area contributed by atoms with E-state index in [1.54, 1.807) is 15.7 Å². The van der Waals surface area contributed by atoms with Gasteiger partial charge in [-0.2, -0.15) is 5.10 Å². The topological polar surface area (TPSA) is 150 Å². The quantitative estimate of drug-likeness (QED) is 0.150. The van der Waals surface area contributed by atoms with Crippen LogP contribution in [0.5, 0.6) is 11.5 Å². The highest BCUT2D eigenvalue weighted by Crippen LogP contribution is 2.45. The first-order valence-corrected chi connectivity index (χ1v) is 14.2. The maximum absolute atomic E-state index is 12.7. The van der Waals surface area contributed by atoms with Crippen LogP contribution in [0.3, 0.4) is 0 Å². The van der Waals surface area contributed by atoms with Crippen LogP contribution in [0.4, 0.5) is 11.5 Å². The fourth-order valence-corrected chi connectivity index (χ4v) is 6.66. The van der Waals surface area contributed by atoms with Gasteiger partial charge >= 0.3 is 5.95 Å². The molecule has 5 heterocycles. The number of carbonyl (C=O) groups excluding carboxylic acids is 1. The predicted molar refractivity (Wildman–Crippen MR) is 159 cm³/mol. The van der Waals surface area contributed by atoms with Gasteiger partial charge < -0.3 is 34.8 Å². The van der Waals surface area contributed by atoms with E-state index in [-0.39, 0.29) is 18.0 Å². The van der Waals surface area contributed by atoms with Crippen molar-refractivity contribution in [3.05, 3.63) is 84.1 Å². The minimum absolute atomic E-state index is 0.109. The average Bonchev–Trinajstić information content (AvgIpc) is 3.67. The van der Waals surface area contributed by atoms with Crippen molar-refractivity contribution in [2.45, 2.75) is 50.6 Å². The van der Waals surface area contributed by atoms with Gasteiger partial charge in [0.2, 0.25) is 0 Å². The number of anilines is 2. The molecule has 2 unspecified atom stereocenters. The van der Waals surface area contributed by atoms with E-state index in [0.29, 0.717) is 24.4 Å². The lowest BCUT2D eigenvalue weighted by atomic mass is 9.85. The molecule has 2 aliphatic heterocycles. The molecule has 2 aromatic carbocycles. The van der Waals surface area contributed by atoms with E-state index in [1.807, 2.05) is 67.2 Å². The molecule has 0 radical (unpaired) electrons. The molecule has 2 atom stereocenters. The first-order chi connectivity index (χ1) is 20.8. The highest BCUT2D eigenvalue weighted by atomic mass is 16.5. The van der Waals surface area contributed by atoms with Crippen LogP contribution in [0, 0.1) is 6.92 Å². The lowest BCUT2D eigenvalue weighted by Crippen LogP contribution is -2.46. The second-order valence-corrected chi connectivity index (χ2v) is 11.3. The van der Waals surface area contributed by atoms with Crippen molar-refractivity contribution >= 4 is 34.0 Å². The first-order valence-electron chi connectivity index (χ1n) is 14.2. The number of hydrogen-bond acceptors (Lipinski definition) is 9. The number of aromatic nitrogens is 5. The van der Waals surface area contributed by atoms with Crippen LogP contribution >= 0.6 is 0 Å². The normalized spacial score (nSPS) is 19.6. The molecule has 43 heavy (non-hydrogen) atoms. The molecule has 2 bridgehead atoms. The summed E-state index contributed by atoms with van der Waals surface area (Å²) in [6, 6.07) is 13.6. The molecule has 3 aromatic heterocycles. The van der Waals surface area contributed by atoms with E-state index in [4.69, 9.17) is 4.74 Å². The van der Waals surface area contributed by atoms with Crippen molar-refractivity contribution in [2.24, 2.45) is 7.05 Å². The Morgan fingerprint density at radius 2 is 1.81 bits per heavy atom. The molecule has 5 aromatic rings. The maximum atomic E-state index is 12.7. The van der Waals surface area contributed by atoms with Gasteiger partial charge in [-0.3, -0.25) is 4.79 Å². The number of fused-ring (bicyclic) bond motifs is 4. The van der Waals surface area contributed by atoms with Crippen LogP contribution in [-0.4, -0.2) is 62.4 Å². The van der Waals surface area contributed by atoms with E-state index in [9.17, 15) is 20.1 Å². The Hall–Kier alpha value is -5.26. The van der Waals surface area contributed by atoms with Crippen LogP contribution in [-0.2, 0) is 11.8 Å². The van der Waals surface area contributed by atoms with E-state index >= 15 is 0 Å². The predicted octanol–water partition coefficient (Wildman–Crippen LogP) is 5.54. The van der Waals surface area contributed by atoms with Gasteiger partial charge in [-0.15, -0.1) is 0 Å². The van der Waals surface area contributed by atoms with Crippen LogP contribution in [0.2, 0.25) is 0 Å². The second-order valence-electron chi connectivity index (χ2n) is 11.3. The summed E-state index contributed by atoms with van der Waals surface area (Å²) in [7, 11) is 1.96. The fourth-order valence-electron chi connectivity index (χ4n) is 6.66. The summed E-state index contributed by atoms with van der Waals surface area (Å²) in [4.78, 5) is 23.3. The van der Waals surface area contributed by atoms with Crippen molar-refractivity contribution in [1.29, 1.82) is 0 Å². The SMILES string of the molecule is Cc1cc(Nc2ncnn3ccc(C4CC5CCC(C4)N5C(=O)C(O)=C(O)O)c23)ccc1Oc1ccc2c(c1)ncn2C. The zero-order valence-corrected chi connectivity index (χ0v) is 23.7. The Kier molecular flexibility index (Phi) is 6.33. The molecule has 0 spiro atoms. The lowest BCUT2D eigenvalue weighted by Gasteiger charge is -2.38. The highest BCUT2D eigenvalue weighted by Gasteiger charge is 2.45. The van der Waals surface area contributed by atoms with Crippen LogP contribution in [0.15, 0.2) is 73.0 Å². The monoisotopic (exact) mass is 581 g/mol. The number of hydrogen-bond donors (Lipinski definition) is 4. The van der Waals surface area contributed by atoms with Crippen LogP contribution in [0.1, 0.15) is 42.7 Å². The molecule has 0 aliphatic carbocycles. The molecule has 2 fully saturated rings. The molecule has 220 valence electrons. The number of carbonyl (C=O) groups is 1. The summed E-state index contributed by atoms with van der Waals surface area (Å²) in [6.07, 6.45) is 8.17. The number of rotatable bonds is 6. The van der Waals surface area contributed by atoms with Gasteiger partial charge in [0.1, 0.15) is 23.3 Å². The zero-order valence-electron chi connectivity index (χ0n) is 23.7. The zero-order chi connectivity index (χ0) is 29.8. The molecule has 12 nitrogen and oxygen atoms in total. The van der Waals surface area contributed by atoms with Crippen LogP contribution in [0.25, 0.3) is 16.6 Å². The average molecular weight is 582 g/mol. The summed E-state index contributed by atoms with van der Waals surface area (Å²) >= 11 is 0. The number of nitrogens with one attached hydrogen (secondary N) is 1. The maximum Gasteiger partial charge on any atom is 0.324 e. The third-order valence-corrected chi connectivity index (χ3v) is 8.67. The number of nitrogens with zero attached hydrogens (tertiary/aromatic N) is 6. The summed E-state index contributed by atoms with van der Waals surface area (Å²) in [5, 5.41) is 36.2. The number of aryl methyl sites for hydroxylation is 2. The Balaban J connectivity index is 1.12. The number of piperidine rings is 1. The summed E-state index contributed by atoms with van der Waals surface area (Å²) < 4.78 is 9.96. The van der Waals surface area contributed by atoms with Gasteiger partial charge in [0, 0.05) is 37.1 Å². The number of amides is 1. The molecule has 1 amide bonds. The van der Waals surface area contributed by atoms with Gasteiger partial charge in [0.15, 0.2) is 5.82 Å². The van der Waals surface area contributed by atoms with Crippen molar-refractivity contribution in [2.75, 3.05) is 5.32 Å².